The summed E-state index contributed by atoms with van der Waals surface area (Å²) in [6.45, 7) is 10.2. The van der Waals surface area contributed by atoms with Crippen LogP contribution in [0.25, 0.3) is 5.69 Å². The summed E-state index contributed by atoms with van der Waals surface area (Å²) in [5.41, 5.74) is 2.85. The van der Waals surface area contributed by atoms with Crippen LogP contribution in [0.1, 0.15) is 61.7 Å². The van der Waals surface area contributed by atoms with Gasteiger partial charge in [-0.3, -0.25) is 14.5 Å². The lowest BCUT2D eigenvalue weighted by Gasteiger charge is -2.24. The Labute approximate surface area is 220 Å². The predicted octanol–water partition coefficient (Wildman–Crippen LogP) is 5.45. The first kappa shape index (κ1) is 26.9. The molecule has 1 unspecified atom stereocenters. The lowest BCUT2D eigenvalue weighted by atomic mass is 9.87. The van der Waals surface area contributed by atoms with Crippen molar-refractivity contribution in [3.63, 3.8) is 0 Å². The quantitative estimate of drug-likeness (QED) is 0.464. The Balaban J connectivity index is 2.02. The molecule has 0 saturated heterocycles. The predicted molar refractivity (Wildman–Crippen MR) is 143 cm³/mol. The molecule has 0 saturated carbocycles. The first-order valence-electron chi connectivity index (χ1n) is 12.3. The van der Waals surface area contributed by atoms with Crippen molar-refractivity contribution >= 4 is 29.4 Å². The van der Waals surface area contributed by atoms with Crippen molar-refractivity contribution in [2.75, 3.05) is 23.7 Å². The van der Waals surface area contributed by atoms with E-state index in [1.165, 1.54) is 28.8 Å². The van der Waals surface area contributed by atoms with Crippen LogP contribution in [0, 0.1) is 18.6 Å². The molecular formula is C28H32F2N4O2S. The van der Waals surface area contributed by atoms with Gasteiger partial charge in [-0.1, -0.05) is 45.9 Å². The second kappa shape index (κ2) is 10.7. The number of nitrogens with zero attached hydrogens (tertiary/aromatic N) is 3. The number of halogens is 2. The van der Waals surface area contributed by atoms with E-state index in [1.54, 1.807) is 4.68 Å². The van der Waals surface area contributed by atoms with Gasteiger partial charge in [0.25, 0.3) is 0 Å². The molecule has 0 fully saturated rings. The van der Waals surface area contributed by atoms with Crippen LogP contribution in [0.2, 0.25) is 0 Å². The number of nitrogens with one attached hydrogen (secondary N) is 1. The molecule has 9 heteroatoms. The number of thioether (sulfide) groups is 1. The zero-order chi connectivity index (χ0) is 26.9. The second-order valence-electron chi connectivity index (χ2n) is 10.3. The van der Waals surface area contributed by atoms with E-state index < -0.39 is 22.3 Å². The van der Waals surface area contributed by atoms with E-state index in [0.717, 1.165) is 23.7 Å². The molecule has 0 radical (unpaired) electrons. The van der Waals surface area contributed by atoms with Gasteiger partial charge in [-0.15, -0.1) is 11.8 Å². The Morgan fingerprint density at radius 2 is 1.95 bits per heavy atom. The van der Waals surface area contributed by atoms with E-state index in [1.807, 2.05) is 58.9 Å². The number of benzene rings is 2. The number of hydrogen-bond donors (Lipinski definition) is 1. The Morgan fingerprint density at radius 1 is 1.19 bits per heavy atom. The third-order valence-corrected chi connectivity index (χ3v) is 7.40. The van der Waals surface area contributed by atoms with E-state index in [-0.39, 0.29) is 29.7 Å². The van der Waals surface area contributed by atoms with Crippen molar-refractivity contribution in [2.45, 2.75) is 51.7 Å². The van der Waals surface area contributed by atoms with Crippen LogP contribution in [0.3, 0.4) is 0 Å². The van der Waals surface area contributed by atoms with E-state index in [0.29, 0.717) is 23.6 Å². The molecule has 2 aromatic carbocycles. The van der Waals surface area contributed by atoms with Crippen molar-refractivity contribution in [1.82, 2.24) is 15.1 Å². The van der Waals surface area contributed by atoms with Gasteiger partial charge < -0.3 is 5.32 Å². The van der Waals surface area contributed by atoms with Crippen molar-refractivity contribution in [2.24, 2.45) is 0 Å². The molecule has 0 bridgehead atoms. The number of amides is 2. The lowest BCUT2D eigenvalue weighted by molar-refractivity contribution is -0.122. The number of carbonyl (C=O) groups excluding carboxylic acids is 2. The minimum atomic E-state index is -0.687. The van der Waals surface area contributed by atoms with Crippen LogP contribution in [0.15, 0.2) is 42.5 Å². The number of hydrogen-bond acceptors (Lipinski definition) is 4. The summed E-state index contributed by atoms with van der Waals surface area (Å²) in [6, 6.07) is 11.2. The zero-order valence-corrected chi connectivity index (χ0v) is 22.6. The maximum Gasteiger partial charge on any atom is 0.240 e. The van der Waals surface area contributed by atoms with Crippen LogP contribution in [-0.2, 0) is 15.0 Å². The summed E-state index contributed by atoms with van der Waals surface area (Å²) in [4.78, 5) is 27.8. The van der Waals surface area contributed by atoms with Crippen LogP contribution < -0.4 is 10.2 Å². The fourth-order valence-electron chi connectivity index (χ4n) is 4.44. The highest BCUT2D eigenvalue weighted by Crippen LogP contribution is 2.49. The number of anilines is 1. The van der Waals surface area contributed by atoms with Gasteiger partial charge in [0.15, 0.2) is 0 Å². The highest BCUT2D eigenvalue weighted by molar-refractivity contribution is 8.00. The Hall–Kier alpha value is -3.20. The SMILES string of the molecule is CCCNC(=O)CN1C(=O)CSC(c2ccc(F)cc2F)c2c(C(C)(C)C)nn(-c3cccc(C)c3)c21. The van der Waals surface area contributed by atoms with Crippen molar-refractivity contribution in [1.29, 1.82) is 0 Å². The van der Waals surface area contributed by atoms with Gasteiger partial charge in [0, 0.05) is 29.2 Å². The minimum Gasteiger partial charge on any atom is -0.355 e. The van der Waals surface area contributed by atoms with Crippen LogP contribution in [0.4, 0.5) is 14.6 Å². The van der Waals surface area contributed by atoms with E-state index >= 15 is 4.39 Å². The molecule has 1 aliphatic rings. The fraction of sp³-hybridized carbons (Fsp3) is 0.393. The van der Waals surface area contributed by atoms with Gasteiger partial charge >= 0.3 is 0 Å². The highest BCUT2D eigenvalue weighted by atomic mass is 32.2. The zero-order valence-electron chi connectivity index (χ0n) is 21.8. The number of rotatable bonds is 6. The third kappa shape index (κ3) is 5.56. The van der Waals surface area contributed by atoms with Crippen LogP contribution in [-0.4, -0.2) is 40.4 Å². The second-order valence-corrected chi connectivity index (χ2v) is 11.4. The maximum absolute atomic E-state index is 15.2. The van der Waals surface area contributed by atoms with E-state index in [4.69, 9.17) is 5.10 Å². The molecule has 0 aliphatic carbocycles. The Morgan fingerprint density at radius 3 is 2.59 bits per heavy atom. The first-order chi connectivity index (χ1) is 17.5. The minimum absolute atomic E-state index is 0.0224. The topological polar surface area (TPSA) is 67.2 Å². The monoisotopic (exact) mass is 526 g/mol. The highest BCUT2D eigenvalue weighted by Gasteiger charge is 2.40. The smallest absolute Gasteiger partial charge is 0.240 e. The standard InChI is InChI=1S/C28H32F2N4O2S/c1-6-12-31-22(35)15-33-23(36)16-37-25(20-11-10-18(29)14-21(20)30)24-26(28(3,4)5)32-34(27(24)33)19-9-7-8-17(2)13-19/h7-11,13-14,25H,6,12,15-16H2,1-5H3,(H,31,35). The first-order valence-corrected chi connectivity index (χ1v) is 13.4. The van der Waals surface area contributed by atoms with Gasteiger partial charge in [0.1, 0.15) is 24.0 Å². The molecule has 196 valence electrons. The van der Waals surface area contributed by atoms with Crippen molar-refractivity contribution in [3.05, 3.63) is 76.5 Å². The molecule has 3 aromatic rings. The van der Waals surface area contributed by atoms with Gasteiger partial charge in [-0.2, -0.15) is 5.10 Å². The van der Waals surface area contributed by atoms with Gasteiger partial charge in [0.2, 0.25) is 11.8 Å². The van der Waals surface area contributed by atoms with Gasteiger partial charge in [0.05, 0.1) is 22.4 Å². The summed E-state index contributed by atoms with van der Waals surface area (Å²) in [5.74, 6) is -1.46. The molecule has 1 aliphatic heterocycles. The van der Waals surface area contributed by atoms with Crippen LogP contribution >= 0.6 is 11.8 Å². The summed E-state index contributed by atoms with van der Waals surface area (Å²) >= 11 is 1.26. The van der Waals surface area contributed by atoms with Crippen molar-refractivity contribution in [3.8, 4) is 5.69 Å². The number of aromatic nitrogens is 2. The van der Waals surface area contributed by atoms with Gasteiger partial charge in [-0.05, 0) is 37.1 Å². The fourth-order valence-corrected chi connectivity index (χ4v) is 5.66. The molecule has 6 nitrogen and oxygen atoms in total. The Kier molecular flexibility index (Phi) is 7.73. The molecule has 2 amide bonds. The molecule has 4 rings (SSSR count). The number of aryl methyl sites for hydroxylation is 1. The largest absolute Gasteiger partial charge is 0.355 e. The molecule has 1 aromatic heterocycles. The average molecular weight is 527 g/mol. The molecular weight excluding hydrogens is 494 g/mol. The molecule has 2 heterocycles. The molecule has 37 heavy (non-hydrogen) atoms. The van der Waals surface area contributed by atoms with E-state index in [9.17, 15) is 14.0 Å². The molecule has 0 spiro atoms. The lowest BCUT2D eigenvalue weighted by Crippen LogP contribution is -2.42. The normalized spacial score (nSPS) is 15.9. The molecule has 1 atom stereocenters. The summed E-state index contributed by atoms with van der Waals surface area (Å²) < 4.78 is 30.7. The van der Waals surface area contributed by atoms with Gasteiger partial charge in [-0.25, -0.2) is 13.5 Å². The summed E-state index contributed by atoms with van der Waals surface area (Å²) in [5, 5.41) is 7.19. The average Bonchev–Trinajstić information content (AvgIpc) is 3.17. The molecule has 1 N–H and O–H groups in total. The van der Waals surface area contributed by atoms with E-state index in [2.05, 4.69) is 5.32 Å². The van der Waals surface area contributed by atoms with Crippen molar-refractivity contribution < 1.29 is 18.4 Å². The maximum atomic E-state index is 15.2. The number of fused-ring (bicyclic) bond motifs is 1. The van der Waals surface area contributed by atoms with Crippen LogP contribution in [0.5, 0.6) is 0 Å². The third-order valence-electron chi connectivity index (χ3n) is 6.16. The Bertz CT molecular complexity index is 1330. The number of carbonyl (C=O) groups is 2. The summed E-state index contributed by atoms with van der Waals surface area (Å²) in [6.07, 6.45) is 0.766. The summed E-state index contributed by atoms with van der Waals surface area (Å²) in [7, 11) is 0.